The number of hydrogen-bond acceptors (Lipinski definition) is 2. The number of hydrogen-bond donors (Lipinski definition) is 1. The molecule has 0 saturated heterocycles. The summed E-state index contributed by atoms with van der Waals surface area (Å²) in [6.45, 7) is 2.95. The van der Waals surface area contributed by atoms with Gasteiger partial charge in [-0.15, -0.1) is 0 Å². The molecule has 2 N–H and O–H groups in total. The van der Waals surface area contributed by atoms with Gasteiger partial charge in [0.25, 0.3) is 0 Å². The maximum Gasteiger partial charge on any atom is 0.0767 e. The molecule has 4 nitrogen and oxygen atoms in total. The fraction of sp³-hybridized carbons (Fsp3) is 0.533. The highest BCUT2D eigenvalue weighted by atomic mass is 79.9. The van der Waals surface area contributed by atoms with Crippen LogP contribution in [0.15, 0.2) is 22.9 Å². The van der Waals surface area contributed by atoms with Gasteiger partial charge in [-0.05, 0) is 52.7 Å². The van der Waals surface area contributed by atoms with Gasteiger partial charge in [-0.25, -0.2) is 0 Å². The predicted octanol–water partition coefficient (Wildman–Crippen LogP) is 3.00. The van der Waals surface area contributed by atoms with Gasteiger partial charge in [-0.1, -0.05) is 6.92 Å². The molecule has 5 heteroatoms. The van der Waals surface area contributed by atoms with Gasteiger partial charge in [-0.2, -0.15) is 5.10 Å². The lowest BCUT2D eigenvalue weighted by Crippen LogP contribution is -2.11. The van der Waals surface area contributed by atoms with Crippen molar-refractivity contribution in [3.8, 4) is 0 Å². The molecule has 0 aromatic carbocycles. The minimum atomic E-state index is 0.206. The first kappa shape index (κ1) is 13.9. The Morgan fingerprint density at radius 1 is 1.50 bits per heavy atom. The van der Waals surface area contributed by atoms with Gasteiger partial charge in [0.1, 0.15) is 0 Å². The summed E-state index contributed by atoms with van der Waals surface area (Å²) < 4.78 is 5.28. The van der Waals surface area contributed by atoms with E-state index in [0.29, 0.717) is 5.92 Å². The van der Waals surface area contributed by atoms with Crippen LogP contribution in [0.5, 0.6) is 0 Å². The Bertz CT molecular complexity index is 609. The summed E-state index contributed by atoms with van der Waals surface area (Å²) in [5.74, 6) is 0.695. The van der Waals surface area contributed by atoms with Gasteiger partial charge in [0.05, 0.1) is 22.4 Å². The second-order valence-electron chi connectivity index (χ2n) is 5.66. The monoisotopic (exact) mass is 336 g/mol. The zero-order valence-electron chi connectivity index (χ0n) is 12.0. The van der Waals surface area contributed by atoms with Gasteiger partial charge < -0.3 is 10.3 Å². The van der Waals surface area contributed by atoms with Crippen molar-refractivity contribution in [2.45, 2.75) is 38.8 Å². The third-order valence-corrected chi connectivity index (χ3v) is 5.04. The number of nitrogens with zero attached hydrogens (tertiary/aromatic N) is 3. The highest BCUT2D eigenvalue weighted by Crippen LogP contribution is 2.39. The lowest BCUT2D eigenvalue weighted by atomic mass is 10.1. The minimum Gasteiger partial charge on any atom is -0.348 e. The van der Waals surface area contributed by atoms with Crippen LogP contribution >= 0.6 is 15.9 Å². The fourth-order valence-corrected chi connectivity index (χ4v) is 3.39. The number of rotatable bonds is 5. The molecule has 1 unspecified atom stereocenters. The SMILES string of the molecule is CCc1nn(C)c(Cn2ccc(C(N)C3CC3)c2)c1Br. The average molecular weight is 337 g/mol. The summed E-state index contributed by atoms with van der Waals surface area (Å²) in [7, 11) is 2.00. The summed E-state index contributed by atoms with van der Waals surface area (Å²) in [5, 5.41) is 4.54. The van der Waals surface area contributed by atoms with Crippen molar-refractivity contribution in [2.24, 2.45) is 18.7 Å². The third-order valence-electron chi connectivity index (χ3n) is 4.12. The van der Waals surface area contributed by atoms with Crippen molar-refractivity contribution in [2.75, 3.05) is 0 Å². The number of aryl methyl sites for hydroxylation is 2. The second-order valence-corrected chi connectivity index (χ2v) is 6.46. The van der Waals surface area contributed by atoms with E-state index in [1.54, 1.807) is 0 Å². The standard InChI is InChI=1S/C15H21BrN4/c1-3-12-14(16)13(19(2)18-12)9-20-7-6-11(8-20)15(17)10-4-5-10/h6-8,10,15H,3-5,9,17H2,1-2H3. The topological polar surface area (TPSA) is 48.8 Å². The van der Waals surface area contributed by atoms with Crippen LogP contribution in [-0.4, -0.2) is 14.3 Å². The van der Waals surface area contributed by atoms with Crippen LogP contribution in [0, 0.1) is 5.92 Å². The number of aromatic nitrogens is 3. The molecule has 1 aliphatic carbocycles. The Hall–Kier alpha value is -1.07. The lowest BCUT2D eigenvalue weighted by molar-refractivity contribution is 0.626. The molecule has 2 heterocycles. The van der Waals surface area contributed by atoms with E-state index in [2.05, 4.69) is 51.0 Å². The minimum absolute atomic E-state index is 0.206. The summed E-state index contributed by atoms with van der Waals surface area (Å²) in [5.41, 5.74) is 9.82. The fourth-order valence-electron chi connectivity index (χ4n) is 2.65. The van der Waals surface area contributed by atoms with Crippen LogP contribution in [0.1, 0.15) is 42.8 Å². The van der Waals surface area contributed by atoms with Crippen molar-refractivity contribution >= 4 is 15.9 Å². The lowest BCUT2D eigenvalue weighted by Gasteiger charge is -2.08. The van der Waals surface area contributed by atoms with E-state index in [9.17, 15) is 0 Å². The predicted molar refractivity (Wildman–Crippen MR) is 83.5 cm³/mol. The van der Waals surface area contributed by atoms with Gasteiger partial charge in [0.15, 0.2) is 0 Å². The van der Waals surface area contributed by atoms with Gasteiger partial charge in [-0.3, -0.25) is 4.68 Å². The molecule has 0 spiro atoms. The first-order valence-corrected chi connectivity index (χ1v) is 8.01. The Balaban J connectivity index is 1.79. The Morgan fingerprint density at radius 2 is 2.25 bits per heavy atom. The Morgan fingerprint density at radius 3 is 2.85 bits per heavy atom. The largest absolute Gasteiger partial charge is 0.348 e. The second kappa shape index (κ2) is 5.37. The summed E-state index contributed by atoms with van der Waals surface area (Å²) >= 11 is 3.67. The van der Waals surface area contributed by atoms with Crippen molar-refractivity contribution < 1.29 is 0 Å². The van der Waals surface area contributed by atoms with Crippen LogP contribution in [0.4, 0.5) is 0 Å². The van der Waals surface area contributed by atoms with Crippen LogP contribution < -0.4 is 5.73 Å². The molecule has 3 rings (SSSR count). The molecule has 1 saturated carbocycles. The van der Waals surface area contributed by atoms with E-state index in [0.717, 1.165) is 23.1 Å². The Kier molecular flexibility index (Phi) is 3.73. The highest BCUT2D eigenvalue weighted by molar-refractivity contribution is 9.10. The molecule has 1 atom stereocenters. The summed E-state index contributed by atoms with van der Waals surface area (Å²) in [6.07, 6.45) is 7.79. The van der Waals surface area contributed by atoms with E-state index in [-0.39, 0.29) is 6.04 Å². The van der Waals surface area contributed by atoms with Crippen LogP contribution in [0.3, 0.4) is 0 Å². The van der Waals surface area contributed by atoms with E-state index in [1.807, 2.05) is 11.7 Å². The normalized spacial score (nSPS) is 16.6. The van der Waals surface area contributed by atoms with Crippen molar-refractivity contribution in [1.29, 1.82) is 0 Å². The zero-order valence-corrected chi connectivity index (χ0v) is 13.6. The first-order valence-electron chi connectivity index (χ1n) is 7.21. The molecule has 0 bridgehead atoms. The number of nitrogens with two attached hydrogens (primary N) is 1. The highest BCUT2D eigenvalue weighted by Gasteiger charge is 2.29. The maximum atomic E-state index is 6.25. The van der Waals surface area contributed by atoms with E-state index < -0.39 is 0 Å². The smallest absolute Gasteiger partial charge is 0.0767 e. The Labute approximate surface area is 128 Å². The van der Waals surface area contributed by atoms with Crippen molar-refractivity contribution in [3.05, 3.63) is 39.9 Å². The van der Waals surface area contributed by atoms with Crippen LogP contribution in [0.2, 0.25) is 0 Å². The molecule has 1 aliphatic rings. The molecule has 0 radical (unpaired) electrons. The molecule has 0 aliphatic heterocycles. The van der Waals surface area contributed by atoms with Gasteiger partial charge >= 0.3 is 0 Å². The van der Waals surface area contributed by atoms with Crippen molar-refractivity contribution in [3.63, 3.8) is 0 Å². The summed E-state index contributed by atoms with van der Waals surface area (Å²) in [4.78, 5) is 0. The quantitative estimate of drug-likeness (QED) is 0.912. The van der Waals surface area contributed by atoms with E-state index in [4.69, 9.17) is 5.73 Å². The maximum absolute atomic E-state index is 6.25. The molecule has 2 aromatic heterocycles. The molecular weight excluding hydrogens is 316 g/mol. The third kappa shape index (κ3) is 2.56. The molecule has 20 heavy (non-hydrogen) atoms. The van der Waals surface area contributed by atoms with Gasteiger partial charge in [0.2, 0.25) is 0 Å². The molecule has 2 aromatic rings. The van der Waals surface area contributed by atoms with Gasteiger partial charge in [0, 0.05) is 25.5 Å². The molecule has 1 fully saturated rings. The number of halogens is 1. The molecular formula is C15H21BrN4. The first-order chi connectivity index (χ1) is 9.60. The van der Waals surface area contributed by atoms with E-state index in [1.165, 1.54) is 24.1 Å². The van der Waals surface area contributed by atoms with E-state index >= 15 is 0 Å². The summed E-state index contributed by atoms with van der Waals surface area (Å²) in [6, 6.07) is 2.35. The van der Waals surface area contributed by atoms with Crippen molar-refractivity contribution in [1.82, 2.24) is 14.3 Å². The molecule has 108 valence electrons. The van der Waals surface area contributed by atoms with Crippen LogP contribution in [0.25, 0.3) is 0 Å². The zero-order chi connectivity index (χ0) is 14.3. The average Bonchev–Trinajstić information content (AvgIpc) is 3.13. The van der Waals surface area contributed by atoms with Crippen LogP contribution in [-0.2, 0) is 20.0 Å². The molecule has 0 amide bonds.